The van der Waals surface area contributed by atoms with Crippen molar-refractivity contribution in [2.75, 3.05) is 6.54 Å². The van der Waals surface area contributed by atoms with E-state index in [4.69, 9.17) is 14.6 Å². The Labute approximate surface area is 191 Å². The van der Waals surface area contributed by atoms with Gasteiger partial charge in [-0.15, -0.1) is 0 Å². The third-order valence-corrected chi connectivity index (χ3v) is 5.09. The Balaban J connectivity index is 2.05. The van der Waals surface area contributed by atoms with Crippen molar-refractivity contribution < 1.29 is 24.5 Å². The van der Waals surface area contributed by atoms with Gasteiger partial charge in [0.15, 0.2) is 0 Å². The highest BCUT2D eigenvalue weighted by molar-refractivity contribution is 5.66. The van der Waals surface area contributed by atoms with E-state index in [1.807, 2.05) is 62.4 Å². The predicted octanol–water partition coefficient (Wildman–Crippen LogP) is 5.62. The minimum absolute atomic E-state index is 0.0379. The lowest BCUT2D eigenvalue weighted by molar-refractivity contribution is -0.137. The number of hydrogen-bond acceptors (Lipinski definition) is 5. The summed E-state index contributed by atoms with van der Waals surface area (Å²) in [4.78, 5) is 10.6. The number of aliphatic carboxylic acids is 1. The Morgan fingerprint density at radius 3 is 2.06 bits per heavy atom. The molecule has 2 unspecified atom stereocenters. The van der Waals surface area contributed by atoms with E-state index in [9.17, 15) is 9.90 Å². The molecule has 0 aliphatic carbocycles. The number of carboxylic acids is 1. The number of unbranched alkanes of at least 4 members (excludes halogenated alkanes) is 3. The van der Waals surface area contributed by atoms with E-state index in [-0.39, 0.29) is 25.2 Å². The summed E-state index contributed by atoms with van der Waals surface area (Å²) in [6.45, 7) is 6.40. The van der Waals surface area contributed by atoms with Gasteiger partial charge in [0.2, 0.25) is 0 Å². The van der Waals surface area contributed by atoms with Gasteiger partial charge in [-0.3, -0.25) is 10.1 Å². The number of carboxylic acid groups (broad SMARTS) is 1. The van der Waals surface area contributed by atoms with Crippen molar-refractivity contribution in [3.8, 4) is 11.5 Å². The maximum Gasteiger partial charge on any atom is 0.304 e. The Bertz CT molecular complexity index is 789. The van der Waals surface area contributed by atoms with Gasteiger partial charge in [0.1, 0.15) is 23.8 Å². The number of aliphatic hydroxyl groups excluding tert-OH is 1. The van der Waals surface area contributed by atoms with Gasteiger partial charge in [-0.1, -0.05) is 50.5 Å². The molecule has 0 saturated carbocycles. The van der Waals surface area contributed by atoms with Crippen molar-refractivity contribution in [3.63, 3.8) is 0 Å². The van der Waals surface area contributed by atoms with E-state index in [2.05, 4.69) is 12.2 Å². The molecule has 0 radical (unpaired) electrons. The largest absolute Gasteiger partial charge is 0.491 e. The lowest BCUT2D eigenvalue weighted by atomic mass is 10.0. The van der Waals surface area contributed by atoms with Gasteiger partial charge in [-0.05, 0) is 62.1 Å². The van der Waals surface area contributed by atoms with Crippen LogP contribution in [-0.2, 0) is 4.79 Å². The fourth-order valence-corrected chi connectivity index (χ4v) is 3.41. The van der Waals surface area contributed by atoms with Crippen molar-refractivity contribution in [1.29, 1.82) is 0 Å². The highest BCUT2D eigenvalue weighted by Crippen LogP contribution is 2.29. The zero-order valence-electron chi connectivity index (χ0n) is 19.4. The molecule has 2 atom stereocenters. The normalized spacial score (nSPS) is 13.0. The first-order chi connectivity index (χ1) is 15.4. The quantitative estimate of drug-likeness (QED) is 0.245. The number of benzene rings is 2. The zero-order chi connectivity index (χ0) is 23.3. The monoisotopic (exact) mass is 443 g/mol. The van der Waals surface area contributed by atoms with Crippen LogP contribution in [0.25, 0.3) is 0 Å². The summed E-state index contributed by atoms with van der Waals surface area (Å²) in [7, 11) is 0. The van der Waals surface area contributed by atoms with Crippen molar-refractivity contribution in [2.45, 2.75) is 77.7 Å². The summed E-state index contributed by atoms with van der Waals surface area (Å²) in [6.07, 6.45) is 4.64. The zero-order valence-corrected chi connectivity index (χ0v) is 19.4. The Morgan fingerprint density at radius 1 is 0.906 bits per heavy atom. The van der Waals surface area contributed by atoms with Crippen LogP contribution < -0.4 is 14.8 Å². The van der Waals surface area contributed by atoms with Gasteiger partial charge in [0.05, 0.1) is 12.5 Å². The van der Waals surface area contributed by atoms with Crippen LogP contribution in [0.5, 0.6) is 11.5 Å². The van der Waals surface area contributed by atoms with E-state index in [1.165, 1.54) is 19.3 Å². The summed E-state index contributed by atoms with van der Waals surface area (Å²) in [5.74, 6) is 0.716. The standard InChI is InChI=1S/C26H37NO5/c1-4-5-6-7-8-24(32-23-15-13-22(14-16-23)31-19(2)3)20-9-11-21(12-10-20)26(30)27-18-17-25(28)29/h9-16,19,24,26-27,30H,4-8,17-18H2,1-3H3,(H,28,29). The summed E-state index contributed by atoms with van der Waals surface area (Å²) < 4.78 is 12.0. The van der Waals surface area contributed by atoms with E-state index < -0.39 is 12.2 Å². The van der Waals surface area contributed by atoms with Crippen LogP contribution in [0, 0.1) is 0 Å². The average molecular weight is 444 g/mol. The first-order valence-corrected chi connectivity index (χ1v) is 11.6. The predicted molar refractivity (Wildman–Crippen MR) is 126 cm³/mol. The van der Waals surface area contributed by atoms with Crippen molar-refractivity contribution in [3.05, 3.63) is 59.7 Å². The van der Waals surface area contributed by atoms with Crippen molar-refractivity contribution in [1.82, 2.24) is 5.32 Å². The smallest absolute Gasteiger partial charge is 0.304 e. The van der Waals surface area contributed by atoms with E-state index in [0.717, 1.165) is 29.9 Å². The van der Waals surface area contributed by atoms with Crippen LogP contribution in [0.1, 0.15) is 82.8 Å². The van der Waals surface area contributed by atoms with Crippen LogP contribution >= 0.6 is 0 Å². The maximum atomic E-state index is 10.6. The van der Waals surface area contributed by atoms with Gasteiger partial charge >= 0.3 is 5.97 Å². The Kier molecular flexibility index (Phi) is 11.0. The molecule has 0 saturated heterocycles. The molecular formula is C26H37NO5. The van der Waals surface area contributed by atoms with Gasteiger partial charge in [0, 0.05) is 6.54 Å². The molecule has 32 heavy (non-hydrogen) atoms. The minimum Gasteiger partial charge on any atom is -0.491 e. The molecule has 0 heterocycles. The van der Waals surface area contributed by atoms with Crippen molar-refractivity contribution in [2.24, 2.45) is 0 Å². The number of rotatable bonds is 15. The summed E-state index contributed by atoms with van der Waals surface area (Å²) in [5, 5.41) is 21.8. The van der Waals surface area contributed by atoms with E-state index in [0.29, 0.717) is 5.56 Å². The summed E-state index contributed by atoms with van der Waals surface area (Å²) in [5.41, 5.74) is 1.74. The average Bonchev–Trinajstić information content (AvgIpc) is 2.76. The van der Waals surface area contributed by atoms with Crippen LogP contribution in [0.4, 0.5) is 0 Å². The molecule has 0 fully saturated rings. The SMILES string of the molecule is CCCCCCC(Oc1ccc(OC(C)C)cc1)c1ccc(C(O)NCCC(=O)O)cc1. The molecule has 2 aromatic carbocycles. The molecule has 0 bridgehead atoms. The fraction of sp³-hybridized carbons (Fsp3) is 0.500. The second-order valence-corrected chi connectivity index (χ2v) is 8.26. The van der Waals surface area contributed by atoms with Gasteiger partial charge in [-0.25, -0.2) is 0 Å². The van der Waals surface area contributed by atoms with E-state index >= 15 is 0 Å². The third kappa shape index (κ3) is 9.28. The van der Waals surface area contributed by atoms with Crippen LogP contribution in [0.15, 0.2) is 48.5 Å². The molecule has 2 aromatic rings. The summed E-state index contributed by atoms with van der Waals surface area (Å²) in [6, 6.07) is 15.4. The third-order valence-electron chi connectivity index (χ3n) is 5.09. The molecule has 0 aliphatic rings. The lowest BCUT2D eigenvalue weighted by Crippen LogP contribution is -2.23. The molecule has 0 aromatic heterocycles. The lowest BCUT2D eigenvalue weighted by Gasteiger charge is -2.21. The maximum absolute atomic E-state index is 10.6. The topological polar surface area (TPSA) is 88.0 Å². The number of nitrogens with one attached hydrogen (secondary N) is 1. The van der Waals surface area contributed by atoms with Crippen molar-refractivity contribution >= 4 is 5.97 Å². The summed E-state index contributed by atoms with van der Waals surface area (Å²) >= 11 is 0. The second-order valence-electron chi connectivity index (χ2n) is 8.26. The second kappa shape index (κ2) is 13.8. The number of aliphatic hydroxyl groups is 1. The Morgan fingerprint density at radius 2 is 1.50 bits per heavy atom. The van der Waals surface area contributed by atoms with Crippen LogP contribution in [-0.4, -0.2) is 28.8 Å². The van der Waals surface area contributed by atoms with Crippen LogP contribution in [0.3, 0.4) is 0 Å². The number of hydrogen-bond donors (Lipinski definition) is 3. The highest BCUT2D eigenvalue weighted by Gasteiger charge is 2.15. The fourth-order valence-electron chi connectivity index (χ4n) is 3.41. The molecule has 6 heteroatoms. The first kappa shape index (κ1) is 25.7. The van der Waals surface area contributed by atoms with Gasteiger partial charge in [-0.2, -0.15) is 0 Å². The molecule has 3 N–H and O–H groups in total. The molecule has 6 nitrogen and oxygen atoms in total. The minimum atomic E-state index is -0.902. The molecule has 0 aliphatic heterocycles. The Hall–Kier alpha value is -2.57. The molecule has 0 amide bonds. The molecule has 0 spiro atoms. The van der Waals surface area contributed by atoms with Gasteiger partial charge < -0.3 is 19.7 Å². The first-order valence-electron chi connectivity index (χ1n) is 11.6. The highest BCUT2D eigenvalue weighted by atomic mass is 16.5. The van der Waals surface area contributed by atoms with Crippen LogP contribution in [0.2, 0.25) is 0 Å². The van der Waals surface area contributed by atoms with Gasteiger partial charge in [0.25, 0.3) is 0 Å². The molecular weight excluding hydrogens is 406 g/mol. The number of carbonyl (C=O) groups is 1. The molecule has 2 rings (SSSR count). The molecule has 176 valence electrons. The number of ether oxygens (including phenoxy) is 2. The van der Waals surface area contributed by atoms with E-state index in [1.54, 1.807) is 0 Å².